The molecule has 0 heterocycles. The molecule has 3 heteroatoms. The third-order valence-electron chi connectivity index (χ3n) is 0.167. The van der Waals surface area contributed by atoms with Gasteiger partial charge < -0.3 is 24.8 Å². The molecule has 0 aromatic heterocycles. The molecule has 0 atom stereocenters. The molecule has 0 nitrogen and oxygen atoms in total. The predicted octanol–water partition coefficient (Wildman–Crippen LogP) is -4.04. The summed E-state index contributed by atoms with van der Waals surface area (Å²) in [4.78, 5) is 0. The molecule has 9 heavy (non-hydrogen) atoms. The van der Waals surface area contributed by atoms with E-state index < -0.39 is 0 Å². The number of halogens is 2. The van der Waals surface area contributed by atoms with Crippen molar-refractivity contribution in [3.05, 3.63) is 25.3 Å². The van der Waals surface area contributed by atoms with Gasteiger partial charge in [-0.1, -0.05) is 25.3 Å². The summed E-state index contributed by atoms with van der Waals surface area (Å²) < 4.78 is 0. The number of allylic oxidation sites excluding steroid dienone is 2. The Kier molecular flexibility index (Phi) is 96.6. The third-order valence-corrected chi connectivity index (χ3v) is 0.167. The van der Waals surface area contributed by atoms with Crippen molar-refractivity contribution in [2.24, 2.45) is 0 Å². The van der Waals surface area contributed by atoms with Crippen LogP contribution in [0.5, 0.6) is 0 Å². The molecule has 0 aliphatic carbocycles. The van der Waals surface area contributed by atoms with Gasteiger partial charge in [0.15, 0.2) is 0 Å². The van der Waals surface area contributed by atoms with Gasteiger partial charge in [-0.25, -0.2) is 0 Å². The summed E-state index contributed by atoms with van der Waals surface area (Å²) in [6.07, 6.45) is 3.28. The molecular weight excluding hydrogens is 170 g/mol. The maximum atomic E-state index is 3.36. The summed E-state index contributed by atoms with van der Waals surface area (Å²) in [5, 5.41) is 1.17. The maximum absolute atomic E-state index is 3.36. The fraction of sp³-hybridized carbons (Fsp3) is 0.333. The van der Waals surface area contributed by atoms with Gasteiger partial charge in [0.05, 0.1) is 0 Å². The van der Waals surface area contributed by atoms with Crippen molar-refractivity contribution in [2.75, 3.05) is 0 Å². The first-order valence-electron chi connectivity index (χ1n) is 2.27. The molecule has 0 bridgehead atoms. The summed E-state index contributed by atoms with van der Waals surface area (Å²) in [5.74, 6) is 0. The fourth-order valence-corrected chi connectivity index (χ4v) is 0. The van der Waals surface area contributed by atoms with E-state index in [1.807, 2.05) is 0 Å². The summed E-state index contributed by atoms with van der Waals surface area (Å²) >= 11 is 2.58. The second-order valence-electron chi connectivity index (χ2n) is 0.880. The molecule has 0 N–H and O–H groups in total. The van der Waals surface area contributed by atoms with Crippen LogP contribution in [0.3, 0.4) is 0 Å². The molecular formula is C6H11AlCl2. The van der Waals surface area contributed by atoms with Crippen LogP contribution in [0.25, 0.3) is 0 Å². The van der Waals surface area contributed by atoms with E-state index in [-0.39, 0.29) is 24.8 Å². The average Bonchev–Trinajstić information content (AvgIpc) is 1.69. The van der Waals surface area contributed by atoms with Gasteiger partial charge in [-0.05, 0) is 0 Å². The first kappa shape index (κ1) is 22.6. The molecule has 0 amide bonds. The fourth-order valence-electron chi connectivity index (χ4n) is 0. The van der Waals surface area contributed by atoms with Crippen molar-refractivity contribution in [1.82, 2.24) is 0 Å². The Morgan fingerprint density at radius 1 is 1.22 bits per heavy atom. The summed E-state index contributed by atoms with van der Waals surface area (Å²) in [6.45, 7) is 8.81. The Morgan fingerprint density at radius 2 is 1.33 bits per heavy atom. The molecule has 0 saturated carbocycles. The van der Waals surface area contributed by atoms with Crippen molar-refractivity contribution in [1.29, 1.82) is 0 Å². The predicted molar refractivity (Wildman–Crippen MR) is 36.6 cm³/mol. The molecule has 0 aliphatic rings. The van der Waals surface area contributed by atoms with Crippen LogP contribution in [0.1, 0.15) is 6.92 Å². The van der Waals surface area contributed by atoms with Crippen molar-refractivity contribution in [3.8, 4) is 0 Å². The standard InChI is InChI=1S/C4H6.C2H5.Al.2ClH/c1-3-4-2;1-2;;;/h3-4H,1-2H2;1H2,2H3;;2*1H/q;;+2;;/p-2. The van der Waals surface area contributed by atoms with Crippen molar-refractivity contribution in [2.45, 2.75) is 12.2 Å². The van der Waals surface area contributed by atoms with E-state index in [0.717, 1.165) is 0 Å². The second kappa shape index (κ2) is 38.4. The van der Waals surface area contributed by atoms with Crippen LogP contribution in [-0.4, -0.2) is 16.3 Å². The van der Waals surface area contributed by atoms with Crippen molar-refractivity contribution < 1.29 is 24.8 Å². The molecule has 0 unspecified atom stereocenters. The molecule has 0 radical (unpaired) electrons. The molecule has 0 saturated heterocycles. The number of hydrogen-bond acceptors (Lipinski definition) is 0. The summed E-state index contributed by atoms with van der Waals surface area (Å²) in [6, 6.07) is 0. The Bertz CT molecular complexity index is 40.3. The summed E-state index contributed by atoms with van der Waals surface area (Å²) in [7, 11) is 0. The Hall–Kier alpha value is 0.592. The molecule has 0 aromatic rings. The monoisotopic (exact) mass is 180 g/mol. The van der Waals surface area contributed by atoms with Crippen LogP contribution in [0.2, 0.25) is 5.28 Å². The first-order valence-corrected chi connectivity index (χ1v) is 3.08. The molecule has 0 aromatic carbocycles. The largest absolute Gasteiger partial charge is 1.00 e. The zero-order valence-corrected chi connectivity index (χ0v) is 8.28. The van der Waals surface area contributed by atoms with E-state index in [4.69, 9.17) is 0 Å². The molecule has 52 valence electrons. The topological polar surface area (TPSA) is 0 Å². The maximum Gasteiger partial charge on any atom is -1.00 e. The van der Waals surface area contributed by atoms with Crippen molar-refractivity contribution in [3.63, 3.8) is 0 Å². The van der Waals surface area contributed by atoms with Crippen molar-refractivity contribution >= 4 is 16.3 Å². The van der Waals surface area contributed by atoms with Crippen LogP contribution < -0.4 is 24.8 Å². The van der Waals surface area contributed by atoms with E-state index in [1.165, 1.54) is 5.28 Å². The normalized spacial score (nSPS) is 4.33. The van der Waals surface area contributed by atoms with Gasteiger partial charge in [0.25, 0.3) is 0 Å². The first-order chi connectivity index (χ1) is 3.33. The molecule has 0 spiro atoms. The molecule has 0 rings (SSSR count). The van der Waals surface area contributed by atoms with Gasteiger partial charge in [-0.2, -0.15) is 0 Å². The Balaban J connectivity index is -0.0000000233. The van der Waals surface area contributed by atoms with Crippen LogP contribution in [0.15, 0.2) is 25.3 Å². The summed E-state index contributed by atoms with van der Waals surface area (Å²) in [5.41, 5.74) is 0. The quantitative estimate of drug-likeness (QED) is 0.285. The zero-order chi connectivity index (χ0) is 6.12. The van der Waals surface area contributed by atoms with Gasteiger partial charge in [0.1, 0.15) is 0 Å². The number of hydrogen-bond donors (Lipinski definition) is 0. The smallest absolute Gasteiger partial charge is 1.00 e. The van der Waals surface area contributed by atoms with Gasteiger partial charge >= 0.3 is 28.5 Å². The van der Waals surface area contributed by atoms with E-state index in [1.54, 1.807) is 12.2 Å². The minimum atomic E-state index is 0. The number of rotatable bonds is 1. The third kappa shape index (κ3) is 147. The zero-order valence-electron chi connectivity index (χ0n) is 5.61. The van der Waals surface area contributed by atoms with E-state index in [0.29, 0.717) is 0 Å². The Morgan fingerprint density at radius 3 is 1.33 bits per heavy atom. The van der Waals surface area contributed by atoms with Gasteiger partial charge in [-0.15, -0.1) is 0 Å². The van der Waals surface area contributed by atoms with Crippen LogP contribution in [0, 0.1) is 0 Å². The molecule has 0 fully saturated rings. The van der Waals surface area contributed by atoms with E-state index >= 15 is 0 Å². The van der Waals surface area contributed by atoms with Gasteiger partial charge in [0, 0.05) is 0 Å². The van der Waals surface area contributed by atoms with Crippen LogP contribution in [-0.2, 0) is 0 Å². The second-order valence-corrected chi connectivity index (χ2v) is 1.70. The van der Waals surface area contributed by atoms with E-state index in [2.05, 4.69) is 36.4 Å². The Labute approximate surface area is 78.7 Å². The van der Waals surface area contributed by atoms with Gasteiger partial charge in [0.2, 0.25) is 0 Å². The molecule has 0 aliphatic heterocycles. The average molecular weight is 181 g/mol. The SMILES string of the molecule is C=CC=C.C[CH2][Al+2].[Cl-].[Cl-]. The minimum absolute atomic E-state index is 0. The minimum Gasteiger partial charge on any atom is -1.00 e. The van der Waals surface area contributed by atoms with Gasteiger partial charge in [-0.3, -0.25) is 0 Å². The van der Waals surface area contributed by atoms with E-state index in [9.17, 15) is 0 Å². The van der Waals surface area contributed by atoms with Crippen LogP contribution in [0.4, 0.5) is 0 Å². The van der Waals surface area contributed by atoms with Crippen LogP contribution >= 0.6 is 0 Å².